The molecule has 2 amide bonds. The van der Waals surface area contributed by atoms with E-state index in [1.165, 1.54) is 38.0 Å². The zero-order valence-corrected chi connectivity index (χ0v) is 46.9. The van der Waals surface area contributed by atoms with Crippen molar-refractivity contribution < 1.29 is 71.5 Å². The van der Waals surface area contributed by atoms with E-state index >= 15 is 0 Å². The van der Waals surface area contributed by atoms with Crippen molar-refractivity contribution in [3.63, 3.8) is 0 Å². The molecule has 3 heterocycles. The number of hydrogen-bond donors (Lipinski definition) is 1. The summed E-state index contributed by atoms with van der Waals surface area (Å²) in [6, 6.07) is 29.4. The number of Topliss-reactive ketones (excluding diaryl/α,β-unsaturated/α-hetero) is 2. The standard InChI is InChI=1S/C61H71N5O15/c1-9-47-61(7)52(66(59(73)81-61)33-21-20-32-63-65-62)35(2)46(67)30-31-60(6,74-8)53(36(3)49(68)37(4)54(69)77-47)80-57-51(79-56(71)40-24-14-11-15-25-40)48(50(38(5)76-57)78-55(70)39-22-12-10-13-23-39)64-58(72)75-34-45-43-28-18-16-26-41(43)42-27-17-19-29-44(42)45/h10-19,22-29,35-38,45,47-48,50-53,57H,9,20-21,30-34H2,1-8H3,(H,64,72)/t35-,36-,37+,38?,47?,48?,50?,51?,52+,53+,57?,60-,61+/m0/s1. The minimum Gasteiger partial charge on any atom is -0.458 e. The first kappa shape index (κ1) is 59.5. The van der Waals surface area contributed by atoms with E-state index in [1.54, 1.807) is 83.1 Å². The Kier molecular flexibility index (Phi) is 19.0. The Labute approximate surface area is 471 Å². The van der Waals surface area contributed by atoms with Crippen LogP contribution in [0.4, 0.5) is 9.59 Å². The van der Waals surface area contributed by atoms with E-state index < -0.39 is 114 Å². The normalized spacial score (nSPS) is 29.6. The van der Waals surface area contributed by atoms with Gasteiger partial charge in [-0.1, -0.05) is 111 Å². The van der Waals surface area contributed by atoms with E-state index in [4.69, 9.17) is 43.4 Å². The number of azide groups is 1. The van der Waals surface area contributed by atoms with Crippen molar-refractivity contribution in [3.8, 4) is 11.1 Å². The zero-order chi connectivity index (χ0) is 58.2. The van der Waals surface area contributed by atoms with Crippen LogP contribution in [0.2, 0.25) is 0 Å². The monoisotopic (exact) mass is 1110 g/mol. The Morgan fingerprint density at radius 2 is 1.37 bits per heavy atom. The molecule has 13 atom stereocenters. The number of hydrogen-bond acceptors (Lipinski definition) is 16. The number of unbranched alkanes of at least 4 members (excludes halogenated alkanes) is 1. The largest absolute Gasteiger partial charge is 0.458 e. The van der Waals surface area contributed by atoms with Gasteiger partial charge in [-0.2, -0.15) is 0 Å². The third-order valence-corrected chi connectivity index (χ3v) is 16.5. The van der Waals surface area contributed by atoms with Crippen LogP contribution in [-0.4, -0.2) is 133 Å². The van der Waals surface area contributed by atoms with E-state index in [1.807, 2.05) is 48.5 Å². The van der Waals surface area contributed by atoms with Gasteiger partial charge in [0.15, 0.2) is 29.9 Å². The number of nitrogens with zero attached hydrogens (tertiary/aromatic N) is 4. The molecule has 0 radical (unpaired) electrons. The first-order valence-electron chi connectivity index (χ1n) is 27.6. The molecule has 0 aromatic heterocycles. The van der Waals surface area contributed by atoms with Crippen LogP contribution >= 0.6 is 0 Å². The number of esters is 3. The van der Waals surface area contributed by atoms with Gasteiger partial charge in [-0.3, -0.25) is 14.4 Å². The third kappa shape index (κ3) is 12.6. The number of methoxy groups -OCH3 is 1. The predicted octanol–water partition coefficient (Wildman–Crippen LogP) is 9.71. The molecule has 20 heteroatoms. The second kappa shape index (κ2) is 25.9. The summed E-state index contributed by atoms with van der Waals surface area (Å²) in [6.07, 6.45) is -9.35. The Morgan fingerprint density at radius 3 is 1.95 bits per heavy atom. The molecule has 20 nitrogen and oxygen atoms in total. The van der Waals surface area contributed by atoms with Crippen molar-refractivity contribution in [2.75, 3.05) is 26.8 Å². The van der Waals surface area contributed by atoms with Crippen LogP contribution in [-0.2, 0) is 52.3 Å². The highest BCUT2D eigenvalue weighted by molar-refractivity contribution is 6.00. The molecule has 0 spiro atoms. The molecule has 0 bridgehead atoms. The van der Waals surface area contributed by atoms with Crippen molar-refractivity contribution in [2.24, 2.45) is 22.9 Å². The fraction of sp³-hybridized carbons (Fsp3) is 0.492. The molecule has 3 fully saturated rings. The van der Waals surface area contributed by atoms with E-state index in [9.17, 15) is 33.6 Å². The molecule has 4 aromatic rings. The number of cyclic esters (lactones) is 1. The molecule has 430 valence electrons. The third-order valence-electron chi connectivity index (χ3n) is 16.5. The smallest absolute Gasteiger partial charge is 0.410 e. The first-order valence-corrected chi connectivity index (χ1v) is 27.6. The molecule has 3 saturated heterocycles. The summed E-state index contributed by atoms with van der Waals surface area (Å²) in [6.45, 7) is 11.4. The van der Waals surface area contributed by atoms with Crippen LogP contribution in [0.3, 0.4) is 0 Å². The summed E-state index contributed by atoms with van der Waals surface area (Å²) in [4.78, 5) is 105. The van der Waals surface area contributed by atoms with Crippen molar-refractivity contribution >= 4 is 41.7 Å². The number of carbonyl (C=O) groups excluding carboxylic acids is 7. The molecule has 4 aromatic carbocycles. The van der Waals surface area contributed by atoms with E-state index in [0.29, 0.717) is 12.8 Å². The number of alkyl carbamates (subject to hydrolysis) is 1. The molecular weight excluding hydrogens is 1040 g/mol. The lowest BCUT2D eigenvalue weighted by molar-refractivity contribution is -0.304. The predicted molar refractivity (Wildman–Crippen MR) is 293 cm³/mol. The van der Waals surface area contributed by atoms with Crippen molar-refractivity contribution in [1.29, 1.82) is 0 Å². The summed E-state index contributed by atoms with van der Waals surface area (Å²) in [7, 11) is 1.38. The molecule has 4 aliphatic rings. The minimum atomic E-state index is -1.69. The highest BCUT2D eigenvalue weighted by atomic mass is 16.7. The lowest BCUT2D eigenvalue weighted by Crippen LogP contribution is -2.67. The second-order valence-electron chi connectivity index (χ2n) is 21.6. The first-order chi connectivity index (χ1) is 38.8. The van der Waals surface area contributed by atoms with Crippen molar-refractivity contribution in [2.45, 2.75) is 147 Å². The molecular formula is C61H71N5O15. The average Bonchev–Trinajstić information content (AvgIpc) is 3.93. The van der Waals surface area contributed by atoms with Gasteiger partial charge in [-0.05, 0) is 105 Å². The van der Waals surface area contributed by atoms with Crippen LogP contribution in [0, 0.1) is 17.8 Å². The Hall–Kier alpha value is -7.64. The number of carbonyl (C=O) groups is 7. The van der Waals surface area contributed by atoms with Crippen LogP contribution in [0.1, 0.15) is 118 Å². The van der Waals surface area contributed by atoms with Gasteiger partial charge >= 0.3 is 30.1 Å². The molecule has 3 aliphatic heterocycles. The SMILES string of the molecule is CCC1OC(=O)[C@H](C)C(=O)[C@H](C)[C@@H](OC2OC(C)C(OC(=O)c3ccccc3)C(NC(=O)OCC3c4ccccc4-c4ccccc43)C2OC(=O)c2ccccc2)[C@@](C)(OC)CCC(=O)[C@H](C)[C@H]2N(CCCCN=[N+]=[N-])C(=O)O[C@]12C. The minimum absolute atomic E-state index is 0.0924. The molecule has 81 heavy (non-hydrogen) atoms. The van der Waals surface area contributed by atoms with Gasteiger partial charge in [-0.25, -0.2) is 19.2 Å². The molecule has 1 N–H and O–H groups in total. The maximum Gasteiger partial charge on any atom is 0.410 e. The average molecular weight is 1110 g/mol. The summed E-state index contributed by atoms with van der Waals surface area (Å²) in [5.74, 6) is -7.51. The van der Waals surface area contributed by atoms with E-state index in [0.717, 1.165) is 22.3 Å². The molecule has 8 rings (SSSR count). The molecule has 6 unspecified atom stereocenters. The van der Waals surface area contributed by atoms with E-state index in [-0.39, 0.29) is 61.8 Å². The van der Waals surface area contributed by atoms with Crippen molar-refractivity contribution in [3.05, 3.63) is 142 Å². The Bertz CT molecular complexity index is 2950. The van der Waals surface area contributed by atoms with Gasteiger partial charge in [-0.15, -0.1) is 0 Å². The molecule has 0 saturated carbocycles. The van der Waals surface area contributed by atoms with Crippen LogP contribution in [0.5, 0.6) is 0 Å². The number of ketones is 2. The summed E-state index contributed by atoms with van der Waals surface area (Å²) >= 11 is 0. The summed E-state index contributed by atoms with van der Waals surface area (Å²) in [5.41, 5.74) is 9.93. The molecule has 1 aliphatic carbocycles. The lowest BCUT2D eigenvalue weighted by Gasteiger charge is -2.48. The van der Waals surface area contributed by atoms with Crippen LogP contribution in [0.15, 0.2) is 114 Å². The van der Waals surface area contributed by atoms with Crippen molar-refractivity contribution in [1.82, 2.24) is 10.2 Å². The number of benzene rings is 4. The quantitative estimate of drug-likeness (QED) is 0.0208. The number of rotatable bonds is 16. The topological polar surface area (TPSA) is 257 Å². The number of nitrogens with one attached hydrogen (secondary N) is 1. The number of fused-ring (bicyclic) bond motifs is 4. The van der Waals surface area contributed by atoms with Gasteiger partial charge in [0.2, 0.25) is 0 Å². The van der Waals surface area contributed by atoms with Crippen LogP contribution < -0.4 is 5.32 Å². The van der Waals surface area contributed by atoms with Gasteiger partial charge in [0, 0.05) is 49.3 Å². The maximum absolute atomic E-state index is 15.0. The highest BCUT2D eigenvalue weighted by Crippen LogP contribution is 2.46. The Morgan fingerprint density at radius 1 is 0.790 bits per heavy atom. The number of amides is 2. The zero-order valence-electron chi connectivity index (χ0n) is 46.9. The van der Waals surface area contributed by atoms with Gasteiger partial charge in [0.25, 0.3) is 0 Å². The highest BCUT2D eigenvalue weighted by Gasteiger charge is 2.60. The van der Waals surface area contributed by atoms with E-state index in [2.05, 4.69) is 15.3 Å². The van der Waals surface area contributed by atoms with Gasteiger partial charge in [0.05, 0.1) is 35.0 Å². The fourth-order valence-electron chi connectivity index (χ4n) is 12.0. The summed E-state index contributed by atoms with van der Waals surface area (Å²) < 4.78 is 50.7. The number of ether oxygens (including phenoxy) is 8. The maximum atomic E-state index is 15.0. The fourth-order valence-corrected chi connectivity index (χ4v) is 12.0. The lowest BCUT2D eigenvalue weighted by atomic mass is 9.76. The second-order valence-corrected chi connectivity index (χ2v) is 21.6. The Balaban J connectivity index is 1.16. The van der Waals surface area contributed by atoms with Gasteiger partial charge < -0.3 is 48.1 Å². The van der Waals surface area contributed by atoms with Gasteiger partial charge in [0.1, 0.15) is 30.5 Å². The summed E-state index contributed by atoms with van der Waals surface area (Å²) in [5, 5.41) is 6.47. The van der Waals surface area contributed by atoms with Crippen LogP contribution in [0.25, 0.3) is 21.6 Å².